The number of hydrogen-bond acceptors (Lipinski definition) is 7. The van der Waals surface area contributed by atoms with Gasteiger partial charge in [-0.15, -0.1) is 0 Å². The Morgan fingerprint density at radius 3 is 2.50 bits per heavy atom. The van der Waals surface area contributed by atoms with E-state index in [4.69, 9.17) is 14.2 Å². The van der Waals surface area contributed by atoms with Gasteiger partial charge < -0.3 is 24.2 Å². The third-order valence-corrected chi connectivity index (χ3v) is 5.84. The lowest BCUT2D eigenvalue weighted by molar-refractivity contribution is -0.140. The van der Waals surface area contributed by atoms with E-state index in [9.17, 15) is 14.7 Å². The molecule has 1 N–H and O–H groups in total. The SMILES string of the molecule is CCOc1cccc(/C(O)=C2\C(=O)C(=O)N(Cc3cccnc3)C2c2ccc(OCC)c(OC)c2)c1. The predicted molar refractivity (Wildman–Crippen MR) is 134 cm³/mol. The molecule has 8 nitrogen and oxygen atoms in total. The van der Waals surface area contributed by atoms with Crippen LogP contribution in [0, 0.1) is 0 Å². The van der Waals surface area contributed by atoms with Crippen LogP contribution in [0.2, 0.25) is 0 Å². The Kier molecular flexibility index (Phi) is 7.53. The first kappa shape index (κ1) is 24.8. The monoisotopic (exact) mass is 488 g/mol. The van der Waals surface area contributed by atoms with Gasteiger partial charge in [0, 0.05) is 24.5 Å². The molecular formula is C28H28N2O6. The summed E-state index contributed by atoms with van der Waals surface area (Å²) in [6.45, 7) is 4.76. The molecule has 1 atom stereocenters. The summed E-state index contributed by atoms with van der Waals surface area (Å²) in [7, 11) is 1.52. The molecule has 0 saturated carbocycles. The smallest absolute Gasteiger partial charge is 0.295 e. The Bertz CT molecular complexity index is 1290. The highest BCUT2D eigenvalue weighted by Crippen LogP contribution is 2.42. The van der Waals surface area contributed by atoms with Gasteiger partial charge in [-0.1, -0.05) is 24.3 Å². The third-order valence-electron chi connectivity index (χ3n) is 5.84. The molecule has 0 radical (unpaired) electrons. The number of ether oxygens (including phenoxy) is 3. The van der Waals surface area contributed by atoms with Crippen LogP contribution in [-0.4, -0.2) is 47.0 Å². The average Bonchev–Trinajstić information content (AvgIpc) is 3.14. The molecule has 1 aromatic heterocycles. The molecule has 1 aliphatic rings. The number of ketones is 1. The van der Waals surface area contributed by atoms with Gasteiger partial charge in [0.05, 0.1) is 31.9 Å². The minimum absolute atomic E-state index is 0.0104. The number of hydrogen-bond donors (Lipinski definition) is 1. The number of amides is 1. The maximum Gasteiger partial charge on any atom is 0.295 e. The van der Waals surface area contributed by atoms with Crippen molar-refractivity contribution in [3.8, 4) is 17.2 Å². The second-order valence-electron chi connectivity index (χ2n) is 8.09. The van der Waals surface area contributed by atoms with E-state index in [0.717, 1.165) is 5.56 Å². The lowest BCUT2D eigenvalue weighted by Crippen LogP contribution is -2.29. The number of aliphatic hydroxyl groups is 1. The molecule has 186 valence electrons. The standard InChI is InChI=1S/C28H28N2O6/c1-4-35-21-10-6-9-20(14-21)26(31)24-25(19-11-12-22(36-5-2)23(15-19)34-3)30(28(33)27(24)32)17-18-8-7-13-29-16-18/h6-16,25,31H,4-5,17H2,1-3H3/b26-24+. The van der Waals surface area contributed by atoms with Crippen molar-refractivity contribution in [1.29, 1.82) is 0 Å². The molecule has 0 spiro atoms. The Morgan fingerprint density at radius 1 is 1.00 bits per heavy atom. The summed E-state index contributed by atoms with van der Waals surface area (Å²) in [5.74, 6) is -0.209. The Hall–Kier alpha value is -4.33. The van der Waals surface area contributed by atoms with E-state index in [1.165, 1.54) is 12.0 Å². The normalized spacial score (nSPS) is 16.8. The zero-order valence-corrected chi connectivity index (χ0v) is 20.4. The number of carbonyl (C=O) groups excluding carboxylic acids is 2. The lowest BCUT2D eigenvalue weighted by Gasteiger charge is -2.26. The number of aliphatic hydroxyl groups excluding tert-OH is 1. The molecule has 0 bridgehead atoms. The van der Waals surface area contributed by atoms with Gasteiger partial charge in [-0.25, -0.2) is 0 Å². The fourth-order valence-corrected chi connectivity index (χ4v) is 4.26. The molecule has 1 aliphatic heterocycles. The third kappa shape index (κ3) is 4.88. The van der Waals surface area contributed by atoms with Gasteiger partial charge >= 0.3 is 0 Å². The van der Waals surface area contributed by atoms with E-state index in [1.54, 1.807) is 60.9 Å². The number of methoxy groups -OCH3 is 1. The topological polar surface area (TPSA) is 98.2 Å². The van der Waals surface area contributed by atoms with Crippen molar-refractivity contribution in [1.82, 2.24) is 9.88 Å². The molecule has 4 rings (SSSR count). The van der Waals surface area contributed by atoms with Gasteiger partial charge in [0.2, 0.25) is 0 Å². The second kappa shape index (κ2) is 10.9. The Labute approximate surface area is 209 Å². The number of carbonyl (C=O) groups is 2. The number of nitrogens with zero attached hydrogens (tertiary/aromatic N) is 2. The second-order valence-corrected chi connectivity index (χ2v) is 8.09. The zero-order chi connectivity index (χ0) is 25.7. The van der Waals surface area contributed by atoms with Crippen LogP contribution in [0.1, 0.15) is 36.6 Å². The molecule has 0 aliphatic carbocycles. The van der Waals surface area contributed by atoms with Crippen LogP contribution in [0.25, 0.3) is 5.76 Å². The van der Waals surface area contributed by atoms with E-state index in [0.29, 0.717) is 41.6 Å². The maximum absolute atomic E-state index is 13.3. The van der Waals surface area contributed by atoms with E-state index >= 15 is 0 Å². The van der Waals surface area contributed by atoms with Crippen LogP contribution < -0.4 is 14.2 Å². The highest BCUT2D eigenvalue weighted by Gasteiger charge is 2.46. The first-order valence-corrected chi connectivity index (χ1v) is 11.7. The molecule has 36 heavy (non-hydrogen) atoms. The van der Waals surface area contributed by atoms with E-state index in [1.807, 2.05) is 19.9 Å². The molecule has 3 aromatic rings. The highest BCUT2D eigenvalue weighted by atomic mass is 16.5. The number of pyridine rings is 1. The summed E-state index contributed by atoms with van der Waals surface area (Å²) in [6, 6.07) is 14.8. The molecule has 2 aromatic carbocycles. The van der Waals surface area contributed by atoms with Crippen LogP contribution in [-0.2, 0) is 16.1 Å². The van der Waals surface area contributed by atoms with Gasteiger partial charge in [0.15, 0.2) is 11.5 Å². The van der Waals surface area contributed by atoms with Crippen LogP contribution in [0.15, 0.2) is 72.6 Å². The van der Waals surface area contributed by atoms with Crippen LogP contribution >= 0.6 is 0 Å². The average molecular weight is 489 g/mol. The summed E-state index contributed by atoms with van der Waals surface area (Å²) in [5, 5.41) is 11.3. The van der Waals surface area contributed by atoms with Crippen LogP contribution in [0.4, 0.5) is 0 Å². The minimum atomic E-state index is -0.856. The lowest BCUT2D eigenvalue weighted by atomic mass is 9.94. The van der Waals surface area contributed by atoms with Gasteiger partial charge in [-0.3, -0.25) is 14.6 Å². The van der Waals surface area contributed by atoms with Gasteiger partial charge in [0.25, 0.3) is 11.7 Å². The van der Waals surface area contributed by atoms with Crippen molar-refractivity contribution in [2.45, 2.75) is 26.4 Å². The summed E-state index contributed by atoms with van der Waals surface area (Å²) in [6.07, 6.45) is 3.28. The van der Waals surface area contributed by atoms with Crippen LogP contribution in [0.3, 0.4) is 0 Å². The number of benzene rings is 2. The van der Waals surface area contributed by atoms with Gasteiger partial charge in [-0.2, -0.15) is 0 Å². The fourth-order valence-electron chi connectivity index (χ4n) is 4.26. The molecule has 1 saturated heterocycles. The quantitative estimate of drug-likeness (QED) is 0.269. The molecular weight excluding hydrogens is 460 g/mol. The predicted octanol–water partition coefficient (Wildman–Crippen LogP) is 4.51. The van der Waals surface area contributed by atoms with E-state index in [-0.39, 0.29) is 17.9 Å². The highest BCUT2D eigenvalue weighted by molar-refractivity contribution is 6.46. The van der Waals surface area contributed by atoms with Crippen molar-refractivity contribution in [2.75, 3.05) is 20.3 Å². The van der Waals surface area contributed by atoms with Gasteiger partial charge in [0.1, 0.15) is 11.5 Å². The Balaban J connectivity index is 1.87. The minimum Gasteiger partial charge on any atom is -0.507 e. The van der Waals surface area contributed by atoms with Crippen molar-refractivity contribution in [3.05, 3.63) is 89.3 Å². The van der Waals surface area contributed by atoms with Crippen molar-refractivity contribution in [2.24, 2.45) is 0 Å². The zero-order valence-electron chi connectivity index (χ0n) is 20.4. The summed E-state index contributed by atoms with van der Waals surface area (Å²) < 4.78 is 16.7. The van der Waals surface area contributed by atoms with Gasteiger partial charge in [-0.05, 0) is 55.3 Å². The maximum atomic E-state index is 13.3. The van der Waals surface area contributed by atoms with Crippen molar-refractivity contribution >= 4 is 17.4 Å². The molecule has 2 heterocycles. The number of aromatic nitrogens is 1. The molecule has 8 heteroatoms. The first-order chi connectivity index (χ1) is 17.5. The number of likely N-dealkylation sites (tertiary alicyclic amines) is 1. The summed E-state index contributed by atoms with van der Waals surface area (Å²) in [5.41, 5.74) is 1.72. The van der Waals surface area contributed by atoms with Crippen molar-refractivity contribution < 1.29 is 28.9 Å². The molecule has 1 fully saturated rings. The van der Waals surface area contributed by atoms with Crippen LogP contribution in [0.5, 0.6) is 17.2 Å². The fraction of sp³-hybridized carbons (Fsp3) is 0.250. The molecule has 1 amide bonds. The summed E-state index contributed by atoms with van der Waals surface area (Å²) in [4.78, 5) is 32.1. The van der Waals surface area contributed by atoms with E-state index < -0.39 is 17.7 Å². The largest absolute Gasteiger partial charge is 0.507 e. The Morgan fingerprint density at radius 2 is 1.81 bits per heavy atom. The first-order valence-electron chi connectivity index (χ1n) is 11.7. The summed E-state index contributed by atoms with van der Waals surface area (Å²) >= 11 is 0. The van der Waals surface area contributed by atoms with E-state index in [2.05, 4.69) is 4.98 Å². The van der Waals surface area contributed by atoms with Crippen molar-refractivity contribution in [3.63, 3.8) is 0 Å². The number of rotatable bonds is 9. The number of Topliss-reactive ketones (excluding diaryl/α,β-unsaturated/α-hetero) is 1. The molecule has 1 unspecified atom stereocenters.